The molecule has 1 saturated heterocycles. The predicted molar refractivity (Wildman–Crippen MR) is 105 cm³/mol. The first-order valence-electron chi connectivity index (χ1n) is 8.92. The van der Waals surface area contributed by atoms with Gasteiger partial charge in [0.1, 0.15) is 0 Å². The number of aromatic nitrogens is 2. The summed E-state index contributed by atoms with van der Waals surface area (Å²) >= 11 is 0. The van der Waals surface area contributed by atoms with Crippen LogP contribution in [0, 0.1) is 0 Å². The lowest BCUT2D eigenvalue weighted by Gasteiger charge is -2.32. The van der Waals surface area contributed by atoms with Crippen LogP contribution in [0.4, 0.5) is 0 Å². The highest BCUT2D eigenvalue weighted by Crippen LogP contribution is 2.36. The van der Waals surface area contributed by atoms with Crippen molar-refractivity contribution in [3.63, 3.8) is 0 Å². The zero-order chi connectivity index (χ0) is 18.4. The molecule has 1 fully saturated rings. The Hall–Kier alpha value is -2.37. The van der Waals surface area contributed by atoms with Crippen LogP contribution in [0.25, 0.3) is 16.8 Å². The lowest BCUT2D eigenvalue weighted by atomic mass is 9.78. The summed E-state index contributed by atoms with van der Waals surface area (Å²) in [6.07, 6.45) is 3.72. The maximum absolute atomic E-state index is 6.12. The SMILES string of the molecule is CC1(C)OB(c2ccc(-c3ccc(-n4cccn4)cc3)cc2)OC1(C)C. The summed E-state index contributed by atoms with van der Waals surface area (Å²) in [6, 6.07) is 18.7. The molecule has 4 nitrogen and oxygen atoms in total. The van der Waals surface area contributed by atoms with Crippen molar-refractivity contribution in [3.05, 3.63) is 67.0 Å². The van der Waals surface area contributed by atoms with E-state index in [-0.39, 0.29) is 18.3 Å². The molecular formula is C21H23BN2O2. The van der Waals surface area contributed by atoms with Crippen molar-refractivity contribution in [2.75, 3.05) is 0 Å². The second kappa shape index (κ2) is 6.11. The maximum Gasteiger partial charge on any atom is 0.494 e. The van der Waals surface area contributed by atoms with Gasteiger partial charge in [-0.15, -0.1) is 0 Å². The van der Waals surface area contributed by atoms with E-state index < -0.39 is 0 Å². The molecule has 0 spiro atoms. The molecule has 0 atom stereocenters. The molecule has 0 radical (unpaired) electrons. The van der Waals surface area contributed by atoms with Gasteiger partial charge in [-0.3, -0.25) is 0 Å². The lowest BCUT2D eigenvalue weighted by Crippen LogP contribution is -2.41. The second-order valence-electron chi connectivity index (χ2n) is 7.71. The van der Waals surface area contributed by atoms with Gasteiger partial charge < -0.3 is 9.31 Å². The van der Waals surface area contributed by atoms with Crippen molar-refractivity contribution >= 4 is 12.6 Å². The number of hydrogen-bond donors (Lipinski definition) is 0. The average Bonchev–Trinajstić information content (AvgIpc) is 3.22. The minimum Gasteiger partial charge on any atom is -0.399 e. The molecule has 0 bridgehead atoms. The average molecular weight is 346 g/mol. The zero-order valence-corrected chi connectivity index (χ0v) is 15.6. The monoisotopic (exact) mass is 346 g/mol. The van der Waals surface area contributed by atoms with E-state index in [4.69, 9.17) is 9.31 Å². The second-order valence-corrected chi connectivity index (χ2v) is 7.71. The van der Waals surface area contributed by atoms with Crippen LogP contribution in [0.1, 0.15) is 27.7 Å². The Morgan fingerprint density at radius 1 is 0.808 bits per heavy atom. The molecule has 1 aromatic heterocycles. The summed E-state index contributed by atoms with van der Waals surface area (Å²) < 4.78 is 14.1. The Bertz CT molecular complexity index is 869. The molecule has 2 aromatic carbocycles. The molecule has 2 heterocycles. The highest BCUT2D eigenvalue weighted by Gasteiger charge is 2.51. The third-order valence-electron chi connectivity index (χ3n) is 5.41. The molecule has 0 N–H and O–H groups in total. The van der Waals surface area contributed by atoms with Gasteiger partial charge in [0.15, 0.2) is 0 Å². The van der Waals surface area contributed by atoms with Gasteiger partial charge in [0.25, 0.3) is 0 Å². The summed E-state index contributed by atoms with van der Waals surface area (Å²) in [7, 11) is -0.323. The molecule has 0 unspecified atom stereocenters. The number of benzene rings is 2. The van der Waals surface area contributed by atoms with E-state index in [1.807, 2.05) is 16.9 Å². The summed E-state index contributed by atoms with van der Waals surface area (Å²) in [6.45, 7) is 8.29. The first-order valence-corrected chi connectivity index (χ1v) is 8.92. The van der Waals surface area contributed by atoms with Crippen molar-refractivity contribution in [2.24, 2.45) is 0 Å². The first kappa shape index (κ1) is 17.1. The molecule has 1 aliphatic rings. The molecule has 26 heavy (non-hydrogen) atoms. The summed E-state index contributed by atoms with van der Waals surface area (Å²) in [5, 5.41) is 4.26. The number of nitrogens with zero attached hydrogens (tertiary/aromatic N) is 2. The Morgan fingerprint density at radius 2 is 1.35 bits per heavy atom. The van der Waals surface area contributed by atoms with E-state index in [0.29, 0.717) is 0 Å². The molecule has 132 valence electrons. The first-order chi connectivity index (χ1) is 12.4. The van der Waals surface area contributed by atoms with Crippen LogP contribution in [-0.4, -0.2) is 28.1 Å². The van der Waals surface area contributed by atoms with Gasteiger partial charge in [0.05, 0.1) is 16.9 Å². The van der Waals surface area contributed by atoms with Crippen molar-refractivity contribution in [1.82, 2.24) is 9.78 Å². The molecule has 0 aliphatic carbocycles. The number of rotatable bonds is 3. The van der Waals surface area contributed by atoms with Crippen LogP contribution in [0.2, 0.25) is 0 Å². The maximum atomic E-state index is 6.12. The summed E-state index contributed by atoms with van der Waals surface area (Å²) in [5.41, 5.74) is 3.78. The van der Waals surface area contributed by atoms with Gasteiger partial charge >= 0.3 is 7.12 Å². The lowest BCUT2D eigenvalue weighted by molar-refractivity contribution is 0.00578. The van der Waals surface area contributed by atoms with E-state index in [9.17, 15) is 0 Å². The summed E-state index contributed by atoms with van der Waals surface area (Å²) in [5.74, 6) is 0. The van der Waals surface area contributed by atoms with Crippen molar-refractivity contribution in [1.29, 1.82) is 0 Å². The molecule has 4 rings (SSSR count). The van der Waals surface area contributed by atoms with E-state index in [0.717, 1.165) is 16.7 Å². The Labute approximate surface area is 154 Å². The van der Waals surface area contributed by atoms with Crippen LogP contribution in [0.15, 0.2) is 67.0 Å². The van der Waals surface area contributed by atoms with Gasteiger partial charge in [-0.1, -0.05) is 36.4 Å². The fourth-order valence-electron chi connectivity index (χ4n) is 3.04. The van der Waals surface area contributed by atoms with Crippen molar-refractivity contribution in [2.45, 2.75) is 38.9 Å². The van der Waals surface area contributed by atoms with Gasteiger partial charge in [-0.05, 0) is 62.5 Å². The molecule has 1 aliphatic heterocycles. The van der Waals surface area contributed by atoms with Gasteiger partial charge in [-0.25, -0.2) is 4.68 Å². The summed E-state index contributed by atoms with van der Waals surface area (Å²) in [4.78, 5) is 0. The Morgan fingerprint density at radius 3 is 1.85 bits per heavy atom. The van der Waals surface area contributed by atoms with Crippen LogP contribution in [0.3, 0.4) is 0 Å². The smallest absolute Gasteiger partial charge is 0.399 e. The Kier molecular flexibility index (Phi) is 4.01. The largest absolute Gasteiger partial charge is 0.494 e. The topological polar surface area (TPSA) is 36.3 Å². The van der Waals surface area contributed by atoms with Crippen molar-refractivity contribution < 1.29 is 9.31 Å². The highest BCUT2D eigenvalue weighted by atomic mass is 16.7. The number of hydrogen-bond acceptors (Lipinski definition) is 3. The molecular weight excluding hydrogens is 323 g/mol. The quantitative estimate of drug-likeness (QED) is 0.676. The van der Waals surface area contributed by atoms with Gasteiger partial charge in [-0.2, -0.15) is 5.10 Å². The normalized spacial score (nSPS) is 18.2. The standard InChI is InChI=1S/C21H23BN2O2/c1-20(2)21(3,4)26-22(25-20)18-10-6-16(7-11-18)17-8-12-19(13-9-17)24-15-5-14-23-24/h5-15H,1-4H3. The van der Waals surface area contributed by atoms with Crippen LogP contribution < -0.4 is 5.46 Å². The van der Waals surface area contributed by atoms with Crippen LogP contribution in [0.5, 0.6) is 0 Å². The van der Waals surface area contributed by atoms with Crippen LogP contribution in [-0.2, 0) is 9.31 Å². The third kappa shape index (κ3) is 2.98. The van der Waals surface area contributed by atoms with E-state index >= 15 is 0 Å². The molecule has 0 amide bonds. The molecule has 0 saturated carbocycles. The van der Waals surface area contributed by atoms with E-state index in [2.05, 4.69) is 81.3 Å². The minimum atomic E-state index is -0.323. The van der Waals surface area contributed by atoms with E-state index in [1.165, 1.54) is 5.56 Å². The fraction of sp³-hybridized carbons (Fsp3) is 0.286. The Balaban J connectivity index is 1.53. The van der Waals surface area contributed by atoms with Crippen LogP contribution >= 0.6 is 0 Å². The molecule has 5 heteroatoms. The third-order valence-corrected chi connectivity index (χ3v) is 5.41. The van der Waals surface area contributed by atoms with Gasteiger partial charge in [0, 0.05) is 12.4 Å². The van der Waals surface area contributed by atoms with Gasteiger partial charge in [0.2, 0.25) is 0 Å². The highest BCUT2D eigenvalue weighted by molar-refractivity contribution is 6.62. The minimum absolute atomic E-state index is 0.321. The van der Waals surface area contributed by atoms with E-state index in [1.54, 1.807) is 6.20 Å². The molecule has 3 aromatic rings. The fourth-order valence-corrected chi connectivity index (χ4v) is 3.04. The van der Waals surface area contributed by atoms with Crippen molar-refractivity contribution in [3.8, 4) is 16.8 Å². The predicted octanol–water partition coefficient (Wildman–Crippen LogP) is 3.84. The zero-order valence-electron chi connectivity index (χ0n) is 15.6.